The number of carbonyl (C=O) groups excluding carboxylic acids is 2. The number of ether oxygens (including phenoxy) is 2. The van der Waals surface area contributed by atoms with Crippen LogP contribution in [-0.4, -0.2) is 54.6 Å². The third kappa shape index (κ3) is 6.03. The van der Waals surface area contributed by atoms with Gasteiger partial charge in [-0.2, -0.15) is 0 Å². The molecule has 8 heteroatoms. The Kier molecular flexibility index (Phi) is 6.96. The molecule has 1 N–H and O–H groups in total. The number of likely N-dealkylation sites (tertiary alicyclic amines) is 1. The lowest BCUT2D eigenvalue weighted by atomic mass is 9.98. The van der Waals surface area contributed by atoms with Gasteiger partial charge in [0.25, 0.3) is 0 Å². The van der Waals surface area contributed by atoms with Crippen LogP contribution in [0.1, 0.15) is 37.2 Å². The molecule has 1 saturated heterocycles. The van der Waals surface area contributed by atoms with Crippen LogP contribution in [-0.2, 0) is 14.3 Å². The summed E-state index contributed by atoms with van der Waals surface area (Å²) in [6, 6.07) is 7.91. The average molecular weight is 430 g/mol. The Morgan fingerprint density at radius 3 is 3.00 bits per heavy atom. The van der Waals surface area contributed by atoms with E-state index in [1.165, 1.54) is 24.2 Å². The van der Waals surface area contributed by atoms with Gasteiger partial charge < -0.3 is 19.7 Å². The fraction of sp³-hybridized carbons (Fsp3) is 0.500. The summed E-state index contributed by atoms with van der Waals surface area (Å²) in [6.45, 7) is 2.80. The van der Waals surface area contributed by atoms with Crippen LogP contribution in [0.25, 0.3) is 0 Å². The number of thiazole rings is 1. The predicted octanol–water partition coefficient (Wildman–Crippen LogP) is 3.29. The first-order chi connectivity index (χ1) is 14.7. The van der Waals surface area contributed by atoms with E-state index in [-0.39, 0.29) is 24.3 Å². The van der Waals surface area contributed by atoms with Crippen molar-refractivity contribution in [2.45, 2.75) is 31.6 Å². The number of hydrogen-bond acceptors (Lipinski definition) is 6. The van der Waals surface area contributed by atoms with Crippen LogP contribution in [0.2, 0.25) is 0 Å². The summed E-state index contributed by atoms with van der Waals surface area (Å²) in [4.78, 5) is 30.2. The van der Waals surface area contributed by atoms with Gasteiger partial charge in [-0.05, 0) is 36.5 Å². The summed E-state index contributed by atoms with van der Waals surface area (Å²) >= 11 is 1.36. The average Bonchev–Trinajstić information content (AvgIpc) is 3.29. The normalized spacial score (nSPS) is 18.6. The molecule has 4 rings (SSSR count). The van der Waals surface area contributed by atoms with Crippen molar-refractivity contribution in [2.24, 2.45) is 5.92 Å². The monoisotopic (exact) mass is 429 g/mol. The van der Waals surface area contributed by atoms with Crippen molar-refractivity contribution in [3.63, 3.8) is 0 Å². The highest BCUT2D eigenvalue weighted by molar-refractivity contribution is 7.13. The minimum Gasteiger partial charge on any atom is -0.493 e. The van der Waals surface area contributed by atoms with E-state index in [2.05, 4.69) is 10.3 Å². The molecule has 2 aliphatic rings. The number of nitrogens with one attached hydrogen (secondary N) is 1. The van der Waals surface area contributed by atoms with Gasteiger partial charge in [-0.3, -0.25) is 9.59 Å². The molecule has 1 aromatic carbocycles. The molecule has 2 aromatic rings. The Labute approximate surface area is 180 Å². The summed E-state index contributed by atoms with van der Waals surface area (Å²) < 4.78 is 11.5. The predicted molar refractivity (Wildman–Crippen MR) is 115 cm³/mol. The van der Waals surface area contributed by atoms with Gasteiger partial charge in [0.2, 0.25) is 11.8 Å². The Bertz CT molecular complexity index is 854. The molecule has 2 fully saturated rings. The van der Waals surface area contributed by atoms with Gasteiger partial charge in [-0.25, -0.2) is 4.98 Å². The molecule has 1 aliphatic carbocycles. The van der Waals surface area contributed by atoms with Crippen LogP contribution in [0.15, 0.2) is 35.8 Å². The summed E-state index contributed by atoms with van der Waals surface area (Å²) in [6.07, 6.45) is 5.51. The van der Waals surface area contributed by atoms with Crippen LogP contribution < -0.4 is 10.1 Å². The van der Waals surface area contributed by atoms with Gasteiger partial charge >= 0.3 is 0 Å². The van der Waals surface area contributed by atoms with Crippen LogP contribution >= 0.6 is 11.3 Å². The molecule has 2 amide bonds. The number of benzene rings is 1. The fourth-order valence-electron chi connectivity index (χ4n) is 3.51. The lowest BCUT2D eigenvalue weighted by Gasteiger charge is -2.16. The molecule has 0 spiro atoms. The Morgan fingerprint density at radius 1 is 1.30 bits per heavy atom. The number of anilines is 1. The molecule has 160 valence electrons. The van der Waals surface area contributed by atoms with E-state index < -0.39 is 0 Å². The van der Waals surface area contributed by atoms with E-state index in [4.69, 9.17) is 9.47 Å². The number of aromatic nitrogens is 1. The van der Waals surface area contributed by atoms with Crippen molar-refractivity contribution in [1.82, 2.24) is 9.88 Å². The molecule has 1 aliphatic heterocycles. The summed E-state index contributed by atoms with van der Waals surface area (Å²) in [7, 11) is 0. The second-order valence-corrected chi connectivity index (χ2v) is 8.75. The van der Waals surface area contributed by atoms with Crippen molar-refractivity contribution < 1.29 is 19.1 Å². The van der Waals surface area contributed by atoms with Gasteiger partial charge in [0.15, 0.2) is 5.13 Å². The number of nitrogens with zero attached hydrogens (tertiary/aromatic N) is 2. The minimum atomic E-state index is -0.222. The Balaban J connectivity index is 1.23. The molecule has 7 nitrogen and oxygen atoms in total. The quantitative estimate of drug-likeness (QED) is 0.555. The van der Waals surface area contributed by atoms with Gasteiger partial charge in [0.1, 0.15) is 5.75 Å². The van der Waals surface area contributed by atoms with E-state index in [9.17, 15) is 9.59 Å². The van der Waals surface area contributed by atoms with Crippen molar-refractivity contribution in [3.8, 4) is 5.75 Å². The van der Waals surface area contributed by atoms with Gasteiger partial charge in [0.05, 0.1) is 13.2 Å². The lowest BCUT2D eigenvalue weighted by molar-refractivity contribution is -0.131. The Hall–Kier alpha value is -2.45. The van der Waals surface area contributed by atoms with Gasteiger partial charge in [-0.1, -0.05) is 12.1 Å². The zero-order valence-electron chi connectivity index (χ0n) is 16.9. The maximum Gasteiger partial charge on any atom is 0.245 e. The molecular formula is C22H27N3O4S. The molecular weight excluding hydrogens is 402 g/mol. The fourth-order valence-corrected chi connectivity index (χ4v) is 4.05. The maximum absolute atomic E-state index is 12.4. The Morgan fingerprint density at radius 2 is 2.20 bits per heavy atom. The summed E-state index contributed by atoms with van der Waals surface area (Å²) in [5.41, 5.74) is 1.06. The molecule has 1 aromatic heterocycles. The summed E-state index contributed by atoms with van der Waals surface area (Å²) in [5.74, 6) is 1.43. The molecule has 1 atom stereocenters. The van der Waals surface area contributed by atoms with Crippen LogP contribution in [0.3, 0.4) is 0 Å². The van der Waals surface area contributed by atoms with Crippen LogP contribution in [0.4, 0.5) is 5.13 Å². The zero-order valence-corrected chi connectivity index (χ0v) is 17.7. The highest BCUT2D eigenvalue weighted by Gasteiger charge is 2.32. The highest BCUT2D eigenvalue weighted by Crippen LogP contribution is 2.30. The molecule has 30 heavy (non-hydrogen) atoms. The zero-order chi connectivity index (χ0) is 20.8. The standard InChI is InChI=1S/C22H27N3O4S/c26-20(24-22-23-7-10-30-22)14-25-13-18(12-21(25)27)17-3-1-4-19(11-17)29-9-2-8-28-15-16-5-6-16/h1,3-4,7,10-11,16,18H,2,5-6,8-9,12-15H2,(H,23,24,26)/t18-/m1/s1. The minimum absolute atomic E-state index is 0.00609. The largest absolute Gasteiger partial charge is 0.493 e. The van der Waals surface area contributed by atoms with Crippen molar-refractivity contribution in [3.05, 3.63) is 41.4 Å². The SMILES string of the molecule is O=C(CN1C[C@H](c2cccc(OCCCOCC3CC3)c2)CC1=O)Nc1nccs1. The van der Waals surface area contributed by atoms with E-state index in [0.29, 0.717) is 24.7 Å². The number of amides is 2. The van der Waals surface area contributed by atoms with E-state index >= 15 is 0 Å². The molecule has 0 unspecified atom stereocenters. The lowest BCUT2D eigenvalue weighted by Crippen LogP contribution is -2.34. The second kappa shape index (κ2) is 10.0. The van der Waals surface area contributed by atoms with Crippen molar-refractivity contribution in [2.75, 3.05) is 38.2 Å². The third-order valence-corrected chi connectivity index (χ3v) is 6.00. The van der Waals surface area contributed by atoms with E-state index in [0.717, 1.165) is 36.9 Å². The van der Waals surface area contributed by atoms with Crippen molar-refractivity contribution in [1.29, 1.82) is 0 Å². The number of carbonyl (C=O) groups is 2. The van der Waals surface area contributed by atoms with Crippen LogP contribution in [0, 0.1) is 5.92 Å². The van der Waals surface area contributed by atoms with Gasteiger partial charge in [0, 0.05) is 50.1 Å². The molecule has 1 saturated carbocycles. The summed E-state index contributed by atoms with van der Waals surface area (Å²) in [5, 5.41) is 5.07. The first-order valence-corrected chi connectivity index (χ1v) is 11.3. The van der Waals surface area contributed by atoms with Crippen molar-refractivity contribution >= 4 is 28.3 Å². The topological polar surface area (TPSA) is 80.8 Å². The smallest absolute Gasteiger partial charge is 0.245 e. The third-order valence-electron chi connectivity index (χ3n) is 5.31. The molecule has 0 bridgehead atoms. The van der Waals surface area contributed by atoms with Crippen LogP contribution in [0.5, 0.6) is 5.75 Å². The molecule has 2 heterocycles. The van der Waals surface area contributed by atoms with Gasteiger partial charge in [-0.15, -0.1) is 11.3 Å². The molecule has 0 radical (unpaired) electrons. The van der Waals surface area contributed by atoms with E-state index in [1.54, 1.807) is 16.5 Å². The highest BCUT2D eigenvalue weighted by atomic mass is 32.1. The number of hydrogen-bond donors (Lipinski definition) is 1. The first kappa shape index (κ1) is 20.8. The first-order valence-electron chi connectivity index (χ1n) is 10.4. The van der Waals surface area contributed by atoms with E-state index in [1.807, 2.05) is 24.3 Å². The maximum atomic E-state index is 12.4. The second-order valence-electron chi connectivity index (χ2n) is 7.85. The number of rotatable bonds is 11.